The zero-order chi connectivity index (χ0) is 14.8. The summed E-state index contributed by atoms with van der Waals surface area (Å²) in [5.74, 6) is -0.284. The molecule has 2 aromatic rings. The fraction of sp³-hybridized carbons (Fsp3) is 0.294. The van der Waals surface area contributed by atoms with Crippen LogP contribution in [0, 0.1) is 5.82 Å². The Labute approximate surface area is 132 Å². The minimum atomic E-state index is -0.284. The van der Waals surface area contributed by atoms with Crippen molar-refractivity contribution < 1.29 is 9.13 Å². The molecule has 1 heterocycles. The summed E-state index contributed by atoms with van der Waals surface area (Å²) in [7, 11) is 0. The lowest BCUT2D eigenvalue weighted by Crippen LogP contribution is -2.21. The van der Waals surface area contributed by atoms with Crippen molar-refractivity contribution >= 4 is 15.9 Å². The highest BCUT2D eigenvalue weighted by Gasteiger charge is 2.23. The van der Waals surface area contributed by atoms with Crippen molar-refractivity contribution in [2.45, 2.75) is 25.0 Å². The molecule has 0 aromatic heterocycles. The van der Waals surface area contributed by atoms with Gasteiger partial charge in [0.1, 0.15) is 5.82 Å². The molecule has 0 radical (unpaired) electrons. The van der Waals surface area contributed by atoms with E-state index in [9.17, 15) is 4.39 Å². The molecule has 2 unspecified atom stereocenters. The van der Waals surface area contributed by atoms with E-state index in [4.69, 9.17) is 10.5 Å². The molecule has 1 aliphatic rings. The first kappa shape index (κ1) is 14.7. The van der Waals surface area contributed by atoms with Crippen LogP contribution < -0.4 is 5.73 Å². The number of halogens is 2. The van der Waals surface area contributed by atoms with Crippen molar-refractivity contribution in [2.24, 2.45) is 5.73 Å². The van der Waals surface area contributed by atoms with E-state index in [0.29, 0.717) is 17.5 Å². The van der Waals surface area contributed by atoms with Crippen LogP contribution >= 0.6 is 15.9 Å². The lowest BCUT2D eigenvalue weighted by Gasteiger charge is -2.28. The van der Waals surface area contributed by atoms with Crippen molar-refractivity contribution in [3.05, 3.63) is 69.4 Å². The Bertz CT molecular complexity index is 646. The van der Waals surface area contributed by atoms with Gasteiger partial charge in [-0.3, -0.25) is 0 Å². The van der Waals surface area contributed by atoms with Gasteiger partial charge in [0.25, 0.3) is 0 Å². The van der Waals surface area contributed by atoms with Crippen molar-refractivity contribution in [1.82, 2.24) is 0 Å². The van der Waals surface area contributed by atoms with E-state index in [1.54, 1.807) is 6.07 Å². The topological polar surface area (TPSA) is 35.2 Å². The molecule has 0 aliphatic carbocycles. The Morgan fingerprint density at radius 2 is 2.10 bits per heavy atom. The Morgan fingerprint density at radius 1 is 1.29 bits per heavy atom. The largest absolute Gasteiger partial charge is 0.373 e. The molecule has 3 rings (SSSR count). The third-order valence-corrected chi connectivity index (χ3v) is 4.58. The molecule has 2 aromatic carbocycles. The van der Waals surface area contributed by atoms with Gasteiger partial charge in [-0.25, -0.2) is 4.39 Å². The normalized spacial score (nSPS) is 19.1. The van der Waals surface area contributed by atoms with Gasteiger partial charge in [-0.15, -0.1) is 0 Å². The molecule has 110 valence electrons. The molecular weight excluding hydrogens is 333 g/mol. The fourth-order valence-corrected chi connectivity index (χ4v) is 3.03. The van der Waals surface area contributed by atoms with E-state index < -0.39 is 0 Å². The summed E-state index contributed by atoms with van der Waals surface area (Å²) in [4.78, 5) is 0. The zero-order valence-electron chi connectivity index (χ0n) is 11.6. The smallest absolute Gasteiger partial charge is 0.137 e. The molecule has 21 heavy (non-hydrogen) atoms. The Kier molecular flexibility index (Phi) is 4.38. The molecule has 0 spiro atoms. The predicted octanol–water partition coefficient (Wildman–Crippen LogP) is 4.29. The van der Waals surface area contributed by atoms with Gasteiger partial charge in [0.15, 0.2) is 0 Å². The summed E-state index contributed by atoms with van der Waals surface area (Å²) >= 11 is 3.16. The third kappa shape index (κ3) is 3.18. The fourth-order valence-electron chi connectivity index (χ4n) is 2.78. The van der Waals surface area contributed by atoms with Gasteiger partial charge in [0, 0.05) is 6.04 Å². The second kappa shape index (κ2) is 6.26. The van der Waals surface area contributed by atoms with Crippen molar-refractivity contribution in [3.63, 3.8) is 0 Å². The summed E-state index contributed by atoms with van der Waals surface area (Å²) in [6.45, 7) is 0.711. The minimum absolute atomic E-state index is 0.0170. The summed E-state index contributed by atoms with van der Waals surface area (Å²) in [6.07, 6.45) is 1.57. The summed E-state index contributed by atoms with van der Waals surface area (Å²) in [5.41, 5.74) is 9.56. The Hall–Kier alpha value is -1.23. The lowest BCUT2D eigenvalue weighted by atomic mass is 9.92. The van der Waals surface area contributed by atoms with Gasteiger partial charge < -0.3 is 10.5 Å². The maximum Gasteiger partial charge on any atom is 0.137 e. The molecule has 2 N–H and O–H groups in total. The molecule has 0 amide bonds. The SMILES string of the molecule is NC(CC1OCCc2ccccc21)c1ccc(Br)c(F)c1. The summed E-state index contributed by atoms with van der Waals surface area (Å²) in [6, 6.07) is 13.1. The van der Waals surface area contributed by atoms with Gasteiger partial charge in [0.2, 0.25) is 0 Å². The minimum Gasteiger partial charge on any atom is -0.373 e. The molecule has 0 saturated heterocycles. The standard InChI is InChI=1S/C17H17BrFNO/c18-14-6-5-12(9-15(14)19)16(20)10-17-13-4-2-1-3-11(13)7-8-21-17/h1-6,9,16-17H,7-8,10,20H2. The van der Waals surface area contributed by atoms with Crippen molar-refractivity contribution in [3.8, 4) is 0 Å². The van der Waals surface area contributed by atoms with Crippen molar-refractivity contribution in [2.75, 3.05) is 6.61 Å². The maximum atomic E-state index is 13.6. The van der Waals surface area contributed by atoms with Crippen molar-refractivity contribution in [1.29, 1.82) is 0 Å². The quantitative estimate of drug-likeness (QED) is 0.896. The zero-order valence-corrected chi connectivity index (χ0v) is 13.1. The molecule has 0 saturated carbocycles. The highest BCUT2D eigenvalue weighted by Crippen LogP contribution is 2.34. The molecule has 2 atom stereocenters. The first-order chi connectivity index (χ1) is 10.1. The van der Waals surface area contributed by atoms with Crippen LogP contribution in [0.3, 0.4) is 0 Å². The van der Waals surface area contributed by atoms with E-state index in [2.05, 4.69) is 28.1 Å². The average molecular weight is 350 g/mol. The molecule has 2 nitrogen and oxygen atoms in total. The predicted molar refractivity (Wildman–Crippen MR) is 84.5 cm³/mol. The monoisotopic (exact) mass is 349 g/mol. The molecule has 1 aliphatic heterocycles. The molecule has 0 fully saturated rings. The van der Waals surface area contributed by atoms with Crippen LogP contribution in [0.25, 0.3) is 0 Å². The first-order valence-electron chi connectivity index (χ1n) is 7.05. The number of hydrogen-bond donors (Lipinski definition) is 1. The first-order valence-corrected chi connectivity index (χ1v) is 7.84. The van der Waals surface area contributed by atoms with Gasteiger partial charge in [-0.2, -0.15) is 0 Å². The number of ether oxygens (including phenoxy) is 1. The van der Waals surface area contributed by atoms with Crippen LogP contribution in [0.15, 0.2) is 46.9 Å². The van der Waals surface area contributed by atoms with Crippen LogP contribution in [0.5, 0.6) is 0 Å². The number of rotatable bonds is 3. The second-order valence-electron chi connectivity index (χ2n) is 5.32. The molecule has 0 bridgehead atoms. The van der Waals surface area contributed by atoms with Gasteiger partial charge >= 0.3 is 0 Å². The number of benzene rings is 2. The lowest BCUT2D eigenvalue weighted by molar-refractivity contribution is 0.0319. The average Bonchev–Trinajstić information content (AvgIpc) is 2.50. The van der Waals surface area contributed by atoms with Crippen LogP contribution in [0.2, 0.25) is 0 Å². The Morgan fingerprint density at radius 3 is 2.90 bits per heavy atom. The van der Waals surface area contributed by atoms with Crippen LogP contribution in [-0.2, 0) is 11.2 Å². The van der Waals surface area contributed by atoms with Crippen LogP contribution in [0.4, 0.5) is 4.39 Å². The number of hydrogen-bond acceptors (Lipinski definition) is 2. The van der Waals surface area contributed by atoms with E-state index in [1.807, 2.05) is 18.2 Å². The van der Waals surface area contributed by atoms with Crippen LogP contribution in [0.1, 0.15) is 35.3 Å². The van der Waals surface area contributed by atoms with E-state index in [-0.39, 0.29) is 18.0 Å². The second-order valence-corrected chi connectivity index (χ2v) is 6.18. The highest BCUT2D eigenvalue weighted by molar-refractivity contribution is 9.10. The highest BCUT2D eigenvalue weighted by atomic mass is 79.9. The van der Waals surface area contributed by atoms with Gasteiger partial charge in [-0.05, 0) is 57.6 Å². The van der Waals surface area contributed by atoms with Crippen LogP contribution in [-0.4, -0.2) is 6.61 Å². The summed E-state index contributed by atoms with van der Waals surface area (Å²) in [5, 5.41) is 0. The number of fused-ring (bicyclic) bond motifs is 1. The number of nitrogens with two attached hydrogens (primary N) is 1. The van der Waals surface area contributed by atoms with E-state index in [1.165, 1.54) is 17.2 Å². The Balaban J connectivity index is 1.79. The maximum absolute atomic E-state index is 13.6. The van der Waals surface area contributed by atoms with E-state index >= 15 is 0 Å². The summed E-state index contributed by atoms with van der Waals surface area (Å²) < 4.78 is 19.9. The van der Waals surface area contributed by atoms with Gasteiger partial charge in [-0.1, -0.05) is 30.3 Å². The molecule has 4 heteroatoms. The van der Waals surface area contributed by atoms with Gasteiger partial charge in [0.05, 0.1) is 17.2 Å². The molecular formula is C17H17BrFNO. The van der Waals surface area contributed by atoms with E-state index in [0.717, 1.165) is 12.0 Å². The third-order valence-electron chi connectivity index (χ3n) is 3.93.